The number of hydrogen-bond donors (Lipinski definition) is 2. The zero-order valence-corrected chi connectivity index (χ0v) is 11.7. The van der Waals surface area contributed by atoms with Gasteiger partial charge in [0.1, 0.15) is 11.6 Å². The minimum absolute atomic E-state index is 0.211. The van der Waals surface area contributed by atoms with Crippen LogP contribution < -0.4 is 10.6 Å². The molecule has 0 aromatic heterocycles. The molecule has 4 nitrogen and oxygen atoms in total. The Bertz CT molecular complexity index is 570. The van der Waals surface area contributed by atoms with Gasteiger partial charge in [-0.05, 0) is 31.0 Å². The zero-order valence-electron chi connectivity index (χ0n) is 10.2. The maximum atomic E-state index is 12.0. The van der Waals surface area contributed by atoms with Gasteiger partial charge in [0.15, 0.2) is 0 Å². The number of halogens is 2. The smallest absolute Gasteiger partial charge is 0.235 e. The second kappa shape index (κ2) is 4.12. The molecule has 0 unspecified atom stereocenters. The molecule has 2 N–H and O–H groups in total. The Morgan fingerprint density at radius 3 is 2.37 bits per heavy atom. The third-order valence-electron chi connectivity index (χ3n) is 3.76. The summed E-state index contributed by atoms with van der Waals surface area (Å²) in [6, 6.07) is 5.15. The van der Waals surface area contributed by atoms with Crippen molar-refractivity contribution in [2.45, 2.75) is 24.9 Å². The summed E-state index contributed by atoms with van der Waals surface area (Å²) in [6.07, 6.45) is 0.622. The lowest BCUT2D eigenvalue weighted by atomic mass is 9.72. The van der Waals surface area contributed by atoms with E-state index in [-0.39, 0.29) is 17.7 Å². The molecule has 3 saturated heterocycles. The van der Waals surface area contributed by atoms with Crippen molar-refractivity contribution < 1.29 is 9.59 Å². The average Bonchev–Trinajstić information content (AvgIpc) is 2.25. The van der Waals surface area contributed by atoms with Gasteiger partial charge in [0.25, 0.3) is 0 Å². The summed E-state index contributed by atoms with van der Waals surface area (Å²) in [5, 5.41) is 6.66. The number of rotatable bonds is 1. The minimum atomic E-state index is -0.722. The summed E-state index contributed by atoms with van der Waals surface area (Å²) < 4.78 is 0. The van der Waals surface area contributed by atoms with E-state index in [9.17, 15) is 9.59 Å². The van der Waals surface area contributed by atoms with Gasteiger partial charge in [0, 0.05) is 16.0 Å². The normalized spacial score (nSPS) is 33.0. The Hall–Kier alpha value is -1.26. The summed E-state index contributed by atoms with van der Waals surface area (Å²) in [6.45, 7) is 1.80. The standard InChI is InChI=1S/C13H12Cl2N2O2/c1-13-5-8(7-3-2-6(14)4-9(7)15)10(11(18)16-13)12(19)17-13/h2-4,8,10H,5H2,1H3,(H,16,18)(H,17,19)/t8-,10?,13?/m0/s1. The second-order valence-corrected chi connectivity index (χ2v) is 6.11. The van der Waals surface area contributed by atoms with Crippen molar-refractivity contribution in [2.75, 3.05) is 0 Å². The van der Waals surface area contributed by atoms with Gasteiger partial charge in [-0.25, -0.2) is 0 Å². The number of carbonyl (C=O) groups excluding carboxylic acids is 2. The van der Waals surface area contributed by atoms with Crippen LogP contribution in [-0.2, 0) is 9.59 Å². The topological polar surface area (TPSA) is 58.2 Å². The van der Waals surface area contributed by atoms with Crippen molar-refractivity contribution in [3.05, 3.63) is 33.8 Å². The van der Waals surface area contributed by atoms with Crippen LogP contribution in [0.1, 0.15) is 24.8 Å². The Labute approximate surface area is 120 Å². The van der Waals surface area contributed by atoms with Gasteiger partial charge in [-0.3, -0.25) is 9.59 Å². The highest BCUT2D eigenvalue weighted by Crippen LogP contribution is 2.43. The highest BCUT2D eigenvalue weighted by atomic mass is 35.5. The van der Waals surface area contributed by atoms with Crippen LogP contribution >= 0.6 is 23.2 Å². The van der Waals surface area contributed by atoms with Crippen LogP contribution in [0.5, 0.6) is 0 Å². The molecule has 3 fully saturated rings. The molecule has 3 heterocycles. The molecule has 4 rings (SSSR count). The average molecular weight is 299 g/mol. The number of amides is 2. The first-order chi connectivity index (χ1) is 8.89. The summed E-state index contributed by atoms with van der Waals surface area (Å²) in [5.41, 5.74) is 0.100. The van der Waals surface area contributed by atoms with E-state index in [2.05, 4.69) is 10.6 Å². The van der Waals surface area contributed by atoms with E-state index in [0.29, 0.717) is 16.5 Å². The van der Waals surface area contributed by atoms with Crippen molar-refractivity contribution in [3.63, 3.8) is 0 Å². The van der Waals surface area contributed by atoms with Crippen LogP contribution in [0.15, 0.2) is 18.2 Å². The van der Waals surface area contributed by atoms with Crippen molar-refractivity contribution in [2.24, 2.45) is 5.92 Å². The third kappa shape index (κ3) is 1.99. The fourth-order valence-electron chi connectivity index (χ4n) is 2.97. The van der Waals surface area contributed by atoms with Crippen molar-refractivity contribution >= 4 is 35.0 Å². The molecule has 2 amide bonds. The van der Waals surface area contributed by atoms with Crippen LogP contribution in [0, 0.1) is 5.92 Å². The SMILES string of the molecule is CC12C[C@@H](c3ccc(Cl)cc3Cl)C(C(=O)N1)C(=O)N2. The molecule has 1 aromatic carbocycles. The van der Waals surface area contributed by atoms with E-state index in [0.717, 1.165) is 5.56 Å². The Balaban J connectivity index is 2.06. The Morgan fingerprint density at radius 1 is 1.21 bits per heavy atom. The van der Waals surface area contributed by atoms with Crippen LogP contribution in [-0.4, -0.2) is 17.5 Å². The maximum Gasteiger partial charge on any atom is 0.235 e. The fraction of sp³-hybridized carbons (Fsp3) is 0.385. The Kier molecular flexibility index (Phi) is 2.76. The lowest BCUT2D eigenvalue weighted by Crippen LogP contribution is -2.72. The zero-order chi connectivity index (χ0) is 13.8. The molecule has 0 spiro atoms. The molecule has 1 atom stereocenters. The van der Waals surface area contributed by atoms with Crippen molar-refractivity contribution in [3.8, 4) is 0 Å². The lowest BCUT2D eigenvalue weighted by Gasteiger charge is -2.48. The van der Waals surface area contributed by atoms with E-state index in [1.165, 1.54) is 0 Å². The van der Waals surface area contributed by atoms with Gasteiger partial charge in [-0.1, -0.05) is 29.3 Å². The molecule has 3 aliphatic heterocycles. The predicted molar refractivity (Wildman–Crippen MR) is 72.0 cm³/mol. The minimum Gasteiger partial charge on any atom is -0.333 e. The molecule has 0 saturated carbocycles. The fourth-order valence-corrected chi connectivity index (χ4v) is 3.52. The first-order valence-electron chi connectivity index (χ1n) is 5.99. The molecule has 6 heteroatoms. The van der Waals surface area contributed by atoms with Crippen molar-refractivity contribution in [1.29, 1.82) is 0 Å². The monoisotopic (exact) mass is 298 g/mol. The predicted octanol–water partition coefficient (Wildman–Crippen LogP) is 2.06. The molecular weight excluding hydrogens is 287 g/mol. The van der Waals surface area contributed by atoms with Crippen molar-refractivity contribution in [1.82, 2.24) is 10.6 Å². The maximum absolute atomic E-state index is 12.0. The number of carbonyl (C=O) groups is 2. The molecule has 2 bridgehead atoms. The van der Waals surface area contributed by atoms with E-state index in [4.69, 9.17) is 23.2 Å². The molecule has 1 aromatic rings. The van der Waals surface area contributed by atoms with Crippen LogP contribution in [0.2, 0.25) is 10.0 Å². The number of benzene rings is 1. The summed E-state index contributed by atoms with van der Waals surface area (Å²) in [4.78, 5) is 24.0. The molecule has 0 radical (unpaired) electrons. The van der Waals surface area contributed by atoms with E-state index >= 15 is 0 Å². The van der Waals surface area contributed by atoms with Gasteiger partial charge < -0.3 is 10.6 Å². The van der Waals surface area contributed by atoms with Gasteiger partial charge in [0.05, 0.1) is 0 Å². The van der Waals surface area contributed by atoms with E-state index in [1.54, 1.807) is 25.1 Å². The molecule has 0 aliphatic carbocycles. The van der Waals surface area contributed by atoms with Gasteiger partial charge in [-0.15, -0.1) is 0 Å². The number of piperidine rings is 2. The quantitative estimate of drug-likeness (QED) is 0.780. The van der Waals surface area contributed by atoms with Crippen LogP contribution in [0.25, 0.3) is 0 Å². The van der Waals surface area contributed by atoms with Gasteiger partial charge in [0.2, 0.25) is 11.8 Å². The first kappa shape index (κ1) is 12.8. The van der Waals surface area contributed by atoms with E-state index < -0.39 is 11.6 Å². The molecule has 100 valence electrons. The molecular formula is C13H12Cl2N2O2. The first-order valence-corrected chi connectivity index (χ1v) is 6.74. The molecule has 19 heavy (non-hydrogen) atoms. The second-order valence-electron chi connectivity index (χ2n) is 5.26. The third-order valence-corrected chi connectivity index (χ3v) is 4.32. The van der Waals surface area contributed by atoms with Crippen LogP contribution in [0.4, 0.5) is 0 Å². The van der Waals surface area contributed by atoms with E-state index in [1.807, 2.05) is 0 Å². The summed E-state index contributed by atoms with van der Waals surface area (Å²) >= 11 is 12.1. The van der Waals surface area contributed by atoms with Gasteiger partial charge >= 0.3 is 0 Å². The highest BCUT2D eigenvalue weighted by Gasteiger charge is 2.53. The highest BCUT2D eigenvalue weighted by molar-refractivity contribution is 6.35. The largest absolute Gasteiger partial charge is 0.333 e. The number of nitrogens with one attached hydrogen (secondary N) is 2. The number of hydrogen-bond acceptors (Lipinski definition) is 2. The molecule has 3 aliphatic rings. The lowest BCUT2D eigenvalue weighted by molar-refractivity contribution is -0.149. The summed E-state index contributed by atoms with van der Waals surface area (Å²) in [5.74, 6) is -1.42. The number of fused-ring (bicyclic) bond motifs is 3. The van der Waals surface area contributed by atoms with Gasteiger partial charge in [-0.2, -0.15) is 0 Å². The summed E-state index contributed by atoms with van der Waals surface area (Å²) in [7, 11) is 0. The van der Waals surface area contributed by atoms with Crippen LogP contribution in [0.3, 0.4) is 0 Å². The Morgan fingerprint density at radius 2 is 1.84 bits per heavy atom.